The molecule has 0 saturated carbocycles. The first-order chi connectivity index (χ1) is 14.2. The summed E-state index contributed by atoms with van der Waals surface area (Å²) in [4.78, 5) is 19.5. The Hall–Kier alpha value is -3.16. The SMILES string of the molecule is CC(C)(C#N)c1ccc(Cl)nc1.CC(C)(C)OC(=O)Nc1ccc(C(C)(C)C#N)cn1. The van der Waals surface area contributed by atoms with Crippen molar-refractivity contribution in [2.24, 2.45) is 0 Å². The molecule has 0 aromatic carbocycles. The summed E-state index contributed by atoms with van der Waals surface area (Å²) < 4.78 is 5.12. The highest BCUT2D eigenvalue weighted by molar-refractivity contribution is 6.29. The summed E-state index contributed by atoms with van der Waals surface area (Å²) in [6.45, 7) is 12.7. The molecule has 0 radical (unpaired) electrons. The molecule has 0 saturated heterocycles. The molecule has 0 aliphatic carbocycles. The number of hydrogen-bond donors (Lipinski definition) is 1. The molecule has 1 N–H and O–H groups in total. The van der Waals surface area contributed by atoms with Crippen molar-refractivity contribution in [2.75, 3.05) is 5.32 Å². The quantitative estimate of drug-likeness (QED) is 0.605. The van der Waals surface area contributed by atoms with Crippen molar-refractivity contribution in [1.82, 2.24) is 9.97 Å². The van der Waals surface area contributed by atoms with Gasteiger partial charge in [-0.2, -0.15) is 10.5 Å². The van der Waals surface area contributed by atoms with Gasteiger partial charge in [0.15, 0.2) is 0 Å². The normalized spacial score (nSPS) is 11.3. The van der Waals surface area contributed by atoms with Gasteiger partial charge in [0.1, 0.15) is 16.6 Å². The van der Waals surface area contributed by atoms with Crippen LogP contribution in [-0.4, -0.2) is 21.7 Å². The van der Waals surface area contributed by atoms with Crippen molar-refractivity contribution < 1.29 is 9.53 Å². The minimum absolute atomic E-state index is 0.395. The third-order valence-corrected chi connectivity index (χ3v) is 4.35. The molecular weight excluding hydrogens is 414 g/mol. The second-order valence-corrected chi connectivity index (χ2v) is 9.29. The molecule has 2 heterocycles. The molecule has 2 aromatic heterocycles. The van der Waals surface area contributed by atoms with E-state index in [1.54, 1.807) is 51.4 Å². The van der Waals surface area contributed by atoms with E-state index in [0.29, 0.717) is 11.0 Å². The Balaban J connectivity index is 0.000000343. The monoisotopic (exact) mass is 441 g/mol. The number of nitriles is 2. The zero-order valence-corrected chi connectivity index (χ0v) is 19.7. The van der Waals surface area contributed by atoms with Gasteiger partial charge in [0.2, 0.25) is 0 Å². The van der Waals surface area contributed by atoms with E-state index >= 15 is 0 Å². The van der Waals surface area contributed by atoms with Crippen molar-refractivity contribution in [3.05, 3.63) is 52.9 Å². The largest absolute Gasteiger partial charge is 0.444 e. The van der Waals surface area contributed by atoms with E-state index in [4.69, 9.17) is 26.9 Å². The lowest BCUT2D eigenvalue weighted by molar-refractivity contribution is 0.0635. The zero-order chi connectivity index (χ0) is 23.9. The predicted octanol–water partition coefficient (Wildman–Crippen LogP) is 5.77. The number of carbonyl (C=O) groups excluding carboxylic acids is 1. The number of rotatable bonds is 3. The molecule has 7 nitrogen and oxygen atoms in total. The van der Waals surface area contributed by atoms with Gasteiger partial charge >= 0.3 is 6.09 Å². The van der Waals surface area contributed by atoms with Gasteiger partial charge in [0, 0.05) is 12.4 Å². The van der Waals surface area contributed by atoms with Crippen LogP contribution >= 0.6 is 11.6 Å². The van der Waals surface area contributed by atoms with E-state index in [9.17, 15) is 4.79 Å². The van der Waals surface area contributed by atoms with E-state index in [1.807, 2.05) is 33.8 Å². The highest BCUT2D eigenvalue weighted by Gasteiger charge is 2.21. The number of pyridine rings is 2. The number of anilines is 1. The lowest BCUT2D eigenvalue weighted by Gasteiger charge is -2.19. The second-order valence-electron chi connectivity index (χ2n) is 8.90. The molecule has 2 rings (SSSR count). The minimum atomic E-state index is -0.600. The van der Waals surface area contributed by atoms with E-state index < -0.39 is 22.5 Å². The first-order valence-corrected chi connectivity index (χ1v) is 9.99. The Morgan fingerprint density at radius 1 is 0.903 bits per heavy atom. The van der Waals surface area contributed by atoms with Gasteiger partial charge in [-0.05, 0) is 71.7 Å². The molecule has 164 valence electrons. The molecular formula is C23H28ClN5O2. The Kier molecular flexibility index (Phi) is 8.55. The Morgan fingerprint density at radius 3 is 1.74 bits per heavy atom. The Morgan fingerprint density at radius 2 is 1.39 bits per heavy atom. The molecule has 0 aliphatic rings. The van der Waals surface area contributed by atoms with Gasteiger partial charge in [-0.25, -0.2) is 14.8 Å². The first kappa shape index (κ1) is 25.9. The van der Waals surface area contributed by atoms with Crippen LogP contribution in [0.1, 0.15) is 59.6 Å². The van der Waals surface area contributed by atoms with E-state index in [0.717, 1.165) is 11.1 Å². The Bertz CT molecular complexity index is 964. The van der Waals surface area contributed by atoms with E-state index in [-0.39, 0.29) is 0 Å². The molecule has 1 amide bonds. The van der Waals surface area contributed by atoms with Crippen LogP contribution < -0.4 is 5.32 Å². The summed E-state index contributed by atoms with van der Waals surface area (Å²) in [6, 6.07) is 11.3. The van der Waals surface area contributed by atoms with Crippen LogP contribution in [0.25, 0.3) is 0 Å². The van der Waals surface area contributed by atoms with Gasteiger partial charge in [0.25, 0.3) is 0 Å². The lowest BCUT2D eigenvalue weighted by atomic mass is 9.88. The number of hydrogen-bond acceptors (Lipinski definition) is 6. The summed E-state index contributed by atoms with van der Waals surface area (Å²) in [5.74, 6) is 0.395. The summed E-state index contributed by atoms with van der Waals surface area (Å²) in [5, 5.41) is 20.8. The predicted molar refractivity (Wildman–Crippen MR) is 121 cm³/mol. The Labute approximate surface area is 189 Å². The molecule has 0 unspecified atom stereocenters. The lowest BCUT2D eigenvalue weighted by Crippen LogP contribution is -2.27. The van der Waals surface area contributed by atoms with E-state index in [1.165, 1.54) is 0 Å². The summed E-state index contributed by atoms with van der Waals surface area (Å²) in [5.41, 5.74) is 0.0427. The number of nitrogens with zero attached hydrogens (tertiary/aromatic N) is 4. The smallest absolute Gasteiger partial charge is 0.413 e. The highest BCUT2D eigenvalue weighted by atomic mass is 35.5. The van der Waals surface area contributed by atoms with E-state index in [2.05, 4.69) is 27.4 Å². The molecule has 0 atom stereocenters. The molecule has 31 heavy (non-hydrogen) atoms. The number of aromatic nitrogens is 2. The van der Waals surface area contributed by atoms with Gasteiger partial charge in [-0.1, -0.05) is 23.7 Å². The van der Waals surface area contributed by atoms with Crippen molar-refractivity contribution in [3.8, 4) is 12.1 Å². The highest BCUT2D eigenvalue weighted by Crippen LogP contribution is 2.23. The van der Waals surface area contributed by atoms with Crippen LogP contribution in [0.2, 0.25) is 5.15 Å². The summed E-state index contributed by atoms with van der Waals surface area (Å²) >= 11 is 5.61. The average Bonchev–Trinajstić information content (AvgIpc) is 2.68. The summed E-state index contributed by atoms with van der Waals surface area (Å²) in [6.07, 6.45) is 2.66. The first-order valence-electron chi connectivity index (χ1n) is 9.61. The third-order valence-electron chi connectivity index (χ3n) is 4.12. The molecule has 8 heteroatoms. The maximum Gasteiger partial charge on any atom is 0.413 e. The molecule has 0 spiro atoms. The maximum atomic E-state index is 11.5. The molecule has 0 aliphatic heterocycles. The number of nitrogens with one attached hydrogen (secondary N) is 1. The van der Waals surface area contributed by atoms with Gasteiger partial charge < -0.3 is 4.74 Å². The van der Waals surface area contributed by atoms with Crippen LogP contribution in [-0.2, 0) is 15.6 Å². The summed E-state index contributed by atoms with van der Waals surface area (Å²) in [7, 11) is 0. The van der Waals surface area contributed by atoms with Gasteiger partial charge in [0.05, 0.1) is 23.0 Å². The van der Waals surface area contributed by atoms with Crippen LogP contribution in [0, 0.1) is 22.7 Å². The average molecular weight is 442 g/mol. The van der Waals surface area contributed by atoms with Gasteiger partial charge in [-0.3, -0.25) is 5.32 Å². The molecule has 0 fully saturated rings. The van der Waals surface area contributed by atoms with Gasteiger partial charge in [-0.15, -0.1) is 0 Å². The fourth-order valence-electron chi connectivity index (χ4n) is 2.12. The standard InChI is InChI=1S/C14H19N3O2.C9H9ClN2/c1-13(2,3)19-12(18)17-11-7-6-10(8-16-11)14(4,5)9-15;1-9(2,6-11)7-3-4-8(10)12-5-7/h6-8H,1-5H3,(H,16,17,18);3-5H,1-2H3. The zero-order valence-electron chi connectivity index (χ0n) is 18.9. The molecule has 0 bridgehead atoms. The fourth-order valence-corrected chi connectivity index (χ4v) is 2.23. The number of carbonyl (C=O) groups is 1. The minimum Gasteiger partial charge on any atom is -0.444 e. The number of amides is 1. The topological polar surface area (TPSA) is 112 Å². The maximum absolute atomic E-state index is 11.5. The third kappa shape index (κ3) is 8.62. The molecule has 2 aromatic rings. The van der Waals surface area contributed by atoms with Crippen LogP contribution in [0.5, 0.6) is 0 Å². The second kappa shape index (κ2) is 10.2. The van der Waals surface area contributed by atoms with Crippen molar-refractivity contribution in [2.45, 2.75) is 64.9 Å². The van der Waals surface area contributed by atoms with Crippen molar-refractivity contribution >= 4 is 23.5 Å². The van der Waals surface area contributed by atoms with Crippen LogP contribution in [0.3, 0.4) is 0 Å². The van der Waals surface area contributed by atoms with Crippen LogP contribution in [0.15, 0.2) is 36.7 Å². The number of halogens is 1. The fraction of sp³-hybridized carbons (Fsp3) is 0.435. The van der Waals surface area contributed by atoms with Crippen molar-refractivity contribution in [1.29, 1.82) is 10.5 Å². The van der Waals surface area contributed by atoms with Crippen molar-refractivity contribution in [3.63, 3.8) is 0 Å². The van der Waals surface area contributed by atoms with Crippen LogP contribution in [0.4, 0.5) is 10.6 Å². The number of ether oxygens (including phenoxy) is 1.